The van der Waals surface area contributed by atoms with Crippen molar-refractivity contribution in [3.8, 4) is 0 Å². The Morgan fingerprint density at radius 2 is 1.30 bits per heavy atom. The summed E-state index contributed by atoms with van der Waals surface area (Å²) in [6, 6.07) is 0. The van der Waals surface area contributed by atoms with Crippen LogP contribution in [0.4, 0.5) is 0 Å². The smallest absolute Gasteiger partial charge is 0.306 e. The maximum absolute atomic E-state index is 12.0. The molecule has 0 aromatic carbocycles. The molecule has 4 nitrogen and oxygen atoms in total. The number of hydrogen-bond acceptors (Lipinski definition) is 4. The molecular weight excluding hydrogens is 340 g/mol. The first-order valence-electron chi connectivity index (χ1n) is 11.4. The standard InChI is InChI=1S/C23H38O4/c1-2-3-4-5-6-10-26-21(24)7-8-22(25)27-11-9-23-15-18-12-19(16-23)14-20(13-18)17-23/h18-20H,2-17H2,1H3. The fraction of sp³-hybridized carbons (Fsp3) is 0.913. The van der Waals surface area contributed by atoms with Gasteiger partial charge in [0.05, 0.1) is 26.1 Å². The van der Waals surface area contributed by atoms with E-state index in [2.05, 4.69) is 6.92 Å². The van der Waals surface area contributed by atoms with E-state index >= 15 is 0 Å². The fourth-order valence-electron chi connectivity index (χ4n) is 6.22. The average Bonchev–Trinajstić information content (AvgIpc) is 2.61. The number of carbonyl (C=O) groups excluding carboxylic acids is 2. The van der Waals surface area contributed by atoms with Crippen LogP contribution in [0.2, 0.25) is 0 Å². The summed E-state index contributed by atoms with van der Waals surface area (Å²) in [6.07, 6.45) is 15.4. The Balaban J connectivity index is 1.23. The van der Waals surface area contributed by atoms with Crippen molar-refractivity contribution in [1.82, 2.24) is 0 Å². The van der Waals surface area contributed by atoms with Crippen molar-refractivity contribution in [2.24, 2.45) is 23.2 Å². The molecule has 0 atom stereocenters. The SMILES string of the molecule is CCCCCCCOC(=O)CCC(=O)OCCC12CC3CC(CC(C3)C1)C2. The normalized spacial score (nSPS) is 31.1. The topological polar surface area (TPSA) is 52.6 Å². The molecule has 0 aliphatic heterocycles. The molecule has 0 N–H and O–H groups in total. The lowest BCUT2D eigenvalue weighted by atomic mass is 9.49. The second-order valence-corrected chi connectivity index (χ2v) is 9.52. The lowest BCUT2D eigenvalue weighted by Gasteiger charge is -2.57. The zero-order valence-electron chi connectivity index (χ0n) is 17.2. The lowest BCUT2D eigenvalue weighted by Crippen LogP contribution is -2.46. The van der Waals surface area contributed by atoms with Crippen molar-refractivity contribution in [1.29, 1.82) is 0 Å². The number of ether oxygens (including phenoxy) is 2. The predicted octanol–water partition coefficient (Wildman–Crippen LogP) is 5.43. The van der Waals surface area contributed by atoms with Crippen molar-refractivity contribution >= 4 is 11.9 Å². The van der Waals surface area contributed by atoms with Gasteiger partial charge in [-0.15, -0.1) is 0 Å². The molecule has 0 spiro atoms. The molecule has 0 amide bonds. The summed E-state index contributed by atoms with van der Waals surface area (Å²) in [4.78, 5) is 23.7. The van der Waals surface area contributed by atoms with Gasteiger partial charge in [0.1, 0.15) is 0 Å². The summed E-state index contributed by atoms with van der Waals surface area (Å²) in [6.45, 7) is 3.18. The van der Waals surface area contributed by atoms with E-state index in [1.54, 1.807) is 0 Å². The minimum Gasteiger partial charge on any atom is -0.466 e. The molecule has 4 saturated carbocycles. The number of rotatable bonds is 12. The Kier molecular flexibility index (Phi) is 7.60. The molecule has 0 heterocycles. The van der Waals surface area contributed by atoms with Crippen LogP contribution in [0.5, 0.6) is 0 Å². The van der Waals surface area contributed by atoms with Crippen LogP contribution in [-0.4, -0.2) is 25.2 Å². The summed E-state index contributed by atoms with van der Waals surface area (Å²) in [5.41, 5.74) is 0.450. The molecule has 0 radical (unpaired) electrons. The molecule has 4 fully saturated rings. The van der Waals surface area contributed by atoms with E-state index in [0.717, 1.165) is 37.0 Å². The number of unbranched alkanes of at least 4 members (excludes halogenated alkanes) is 4. The summed E-state index contributed by atoms with van der Waals surface area (Å²) >= 11 is 0. The molecule has 0 aromatic rings. The summed E-state index contributed by atoms with van der Waals surface area (Å²) < 4.78 is 10.6. The number of esters is 2. The quantitative estimate of drug-likeness (QED) is 0.336. The van der Waals surface area contributed by atoms with Gasteiger partial charge in [-0.05, 0) is 74.5 Å². The number of hydrogen-bond donors (Lipinski definition) is 0. The van der Waals surface area contributed by atoms with Gasteiger partial charge in [0.25, 0.3) is 0 Å². The Hall–Kier alpha value is -1.06. The Morgan fingerprint density at radius 1 is 0.778 bits per heavy atom. The van der Waals surface area contributed by atoms with E-state index in [9.17, 15) is 9.59 Å². The summed E-state index contributed by atoms with van der Waals surface area (Å²) in [5, 5.41) is 0. The van der Waals surface area contributed by atoms with E-state index < -0.39 is 0 Å². The van der Waals surface area contributed by atoms with Gasteiger partial charge in [-0.2, -0.15) is 0 Å². The average molecular weight is 379 g/mol. The molecular formula is C23H38O4. The lowest BCUT2D eigenvalue weighted by molar-refractivity contribution is -0.151. The Bertz CT molecular complexity index is 463. The van der Waals surface area contributed by atoms with Crippen LogP contribution >= 0.6 is 0 Å². The van der Waals surface area contributed by atoms with Crippen LogP contribution in [0.25, 0.3) is 0 Å². The third-order valence-electron chi connectivity index (χ3n) is 7.10. The van der Waals surface area contributed by atoms with E-state index in [-0.39, 0.29) is 24.8 Å². The largest absolute Gasteiger partial charge is 0.466 e. The molecule has 0 saturated heterocycles. The van der Waals surface area contributed by atoms with Crippen molar-refractivity contribution in [2.75, 3.05) is 13.2 Å². The van der Waals surface area contributed by atoms with Crippen LogP contribution in [0.3, 0.4) is 0 Å². The molecule has 4 bridgehead atoms. The van der Waals surface area contributed by atoms with Crippen LogP contribution < -0.4 is 0 Å². The zero-order valence-corrected chi connectivity index (χ0v) is 17.2. The van der Waals surface area contributed by atoms with Crippen LogP contribution in [0.1, 0.15) is 96.8 Å². The molecule has 27 heavy (non-hydrogen) atoms. The highest BCUT2D eigenvalue weighted by atomic mass is 16.5. The van der Waals surface area contributed by atoms with Crippen molar-refractivity contribution in [3.05, 3.63) is 0 Å². The van der Waals surface area contributed by atoms with Crippen molar-refractivity contribution < 1.29 is 19.1 Å². The maximum Gasteiger partial charge on any atom is 0.306 e. The first kappa shape index (κ1) is 20.7. The van der Waals surface area contributed by atoms with E-state index in [1.165, 1.54) is 57.8 Å². The van der Waals surface area contributed by atoms with Crippen LogP contribution in [0, 0.1) is 23.2 Å². The molecule has 4 aliphatic rings. The molecule has 4 rings (SSSR count). The van der Waals surface area contributed by atoms with E-state index in [1.807, 2.05) is 0 Å². The highest BCUT2D eigenvalue weighted by molar-refractivity contribution is 5.77. The Labute approximate surface area is 164 Å². The maximum atomic E-state index is 12.0. The van der Waals surface area contributed by atoms with Crippen molar-refractivity contribution in [3.63, 3.8) is 0 Å². The predicted molar refractivity (Wildman–Crippen MR) is 105 cm³/mol. The molecule has 4 heteroatoms. The number of carbonyl (C=O) groups is 2. The van der Waals surface area contributed by atoms with Crippen LogP contribution in [-0.2, 0) is 19.1 Å². The van der Waals surface area contributed by atoms with Gasteiger partial charge in [-0.1, -0.05) is 32.6 Å². The first-order chi connectivity index (χ1) is 13.1. The van der Waals surface area contributed by atoms with Gasteiger partial charge in [-0.3, -0.25) is 9.59 Å². The first-order valence-corrected chi connectivity index (χ1v) is 11.4. The minimum absolute atomic E-state index is 0.144. The highest BCUT2D eigenvalue weighted by Gasteiger charge is 2.50. The summed E-state index contributed by atoms with van der Waals surface area (Å²) in [5.74, 6) is 2.28. The second kappa shape index (κ2) is 9.93. The van der Waals surface area contributed by atoms with Gasteiger partial charge in [-0.25, -0.2) is 0 Å². The monoisotopic (exact) mass is 378 g/mol. The fourth-order valence-corrected chi connectivity index (χ4v) is 6.22. The highest BCUT2D eigenvalue weighted by Crippen LogP contribution is 2.61. The van der Waals surface area contributed by atoms with Gasteiger partial charge >= 0.3 is 11.9 Å². The van der Waals surface area contributed by atoms with Gasteiger partial charge in [0, 0.05) is 0 Å². The zero-order chi connectivity index (χ0) is 19.1. The third kappa shape index (κ3) is 6.22. The van der Waals surface area contributed by atoms with Crippen molar-refractivity contribution in [2.45, 2.75) is 96.8 Å². The van der Waals surface area contributed by atoms with Gasteiger partial charge in [0.15, 0.2) is 0 Å². The van der Waals surface area contributed by atoms with Crippen LogP contribution in [0.15, 0.2) is 0 Å². The molecule has 154 valence electrons. The molecule has 0 aromatic heterocycles. The molecule has 0 unspecified atom stereocenters. The minimum atomic E-state index is -0.275. The second-order valence-electron chi connectivity index (χ2n) is 9.52. The Morgan fingerprint density at radius 3 is 1.85 bits per heavy atom. The van der Waals surface area contributed by atoms with E-state index in [0.29, 0.717) is 18.6 Å². The van der Waals surface area contributed by atoms with Gasteiger partial charge < -0.3 is 9.47 Å². The third-order valence-corrected chi connectivity index (χ3v) is 7.10. The van der Waals surface area contributed by atoms with Gasteiger partial charge in [0.2, 0.25) is 0 Å². The van der Waals surface area contributed by atoms with E-state index in [4.69, 9.17) is 9.47 Å². The summed E-state index contributed by atoms with van der Waals surface area (Å²) in [7, 11) is 0. The molecule has 4 aliphatic carbocycles.